The molecule has 1 aromatic carbocycles. The van der Waals surface area contributed by atoms with Crippen LogP contribution in [0.2, 0.25) is 0 Å². The van der Waals surface area contributed by atoms with Crippen molar-refractivity contribution in [3.8, 4) is 0 Å². The lowest BCUT2D eigenvalue weighted by Gasteiger charge is -2.34. The molecule has 0 unspecified atom stereocenters. The van der Waals surface area contributed by atoms with E-state index < -0.39 is 5.97 Å². The van der Waals surface area contributed by atoms with Gasteiger partial charge >= 0.3 is 5.97 Å². The van der Waals surface area contributed by atoms with Gasteiger partial charge in [-0.25, -0.2) is 9.78 Å². The number of aromatic nitrogens is 2. The average molecular weight is 368 g/mol. The molecule has 0 saturated carbocycles. The normalized spacial score (nSPS) is 14.8. The summed E-state index contributed by atoms with van der Waals surface area (Å²) in [5.41, 5.74) is 3.35. The fraction of sp³-hybridized carbons (Fsp3) is 0.400. The molecule has 2 heterocycles. The fourth-order valence-electron chi connectivity index (χ4n) is 3.01. The maximum absolute atomic E-state index is 12.3. The molecule has 0 radical (unpaired) electrons. The van der Waals surface area contributed by atoms with Crippen LogP contribution in [0.4, 0.5) is 0 Å². The van der Waals surface area contributed by atoms with Crippen LogP contribution in [0.3, 0.4) is 0 Å². The zero-order valence-electron chi connectivity index (χ0n) is 15.7. The molecular formula is C20H24N4O3. The Morgan fingerprint density at radius 1 is 1.07 bits per heavy atom. The highest BCUT2D eigenvalue weighted by atomic mass is 16.5. The second-order valence-electron chi connectivity index (χ2n) is 6.77. The van der Waals surface area contributed by atoms with Crippen molar-refractivity contribution in [2.75, 3.05) is 32.8 Å². The van der Waals surface area contributed by atoms with Gasteiger partial charge in [-0.15, -0.1) is 0 Å². The summed E-state index contributed by atoms with van der Waals surface area (Å²) in [6.07, 6.45) is 2.85. The molecule has 0 aliphatic carbocycles. The predicted molar refractivity (Wildman–Crippen MR) is 100 cm³/mol. The molecule has 1 saturated heterocycles. The number of esters is 1. The van der Waals surface area contributed by atoms with Crippen molar-refractivity contribution >= 4 is 11.9 Å². The largest absolute Gasteiger partial charge is 0.451 e. The third kappa shape index (κ3) is 5.34. The lowest BCUT2D eigenvalue weighted by Crippen LogP contribution is -2.49. The highest BCUT2D eigenvalue weighted by Crippen LogP contribution is 2.10. The van der Waals surface area contributed by atoms with Gasteiger partial charge in [-0.05, 0) is 19.4 Å². The van der Waals surface area contributed by atoms with Gasteiger partial charge in [-0.2, -0.15) is 0 Å². The maximum Gasteiger partial charge on any atom is 0.359 e. The second-order valence-corrected chi connectivity index (χ2v) is 6.77. The van der Waals surface area contributed by atoms with Crippen molar-refractivity contribution in [3.05, 3.63) is 59.2 Å². The Kier molecular flexibility index (Phi) is 6.13. The predicted octanol–water partition coefficient (Wildman–Crippen LogP) is 1.59. The van der Waals surface area contributed by atoms with E-state index >= 15 is 0 Å². The van der Waals surface area contributed by atoms with E-state index in [0.717, 1.165) is 19.6 Å². The minimum atomic E-state index is -0.631. The summed E-state index contributed by atoms with van der Waals surface area (Å²) in [4.78, 5) is 36.2. The van der Waals surface area contributed by atoms with Crippen LogP contribution in [0.15, 0.2) is 36.7 Å². The zero-order chi connectivity index (χ0) is 19.2. The summed E-state index contributed by atoms with van der Waals surface area (Å²) in [6, 6.07) is 8.46. The van der Waals surface area contributed by atoms with E-state index in [0.29, 0.717) is 18.8 Å². The first-order chi connectivity index (χ1) is 13.0. The molecule has 1 aliphatic heterocycles. The first-order valence-electron chi connectivity index (χ1n) is 9.03. The van der Waals surface area contributed by atoms with Gasteiger partial charge in [0, 0.05) is 38.9 Å². The van der Waals surface area contributed by atoms with Crippen molar-refractivity contribution in [2.45, 2.75) is 20.4 Å². The lowest BCUT2D eigenvalue weighted by molar-refractivity contribution is -0.136. The Hall–Kier alpha value is -2.80. The smallest absolute Gasteiger partial charge is 0.359 e. The summed E-state index contributed by atoms with van der Waals surface area (Å²) in [6.45, 7) is 7.35. The Balaban J connectivity index is 1.43. The van der Waals surface area contributed by atoms with Crippen LogP contribution in [0.1, 0.15) is 27.3 Å². The van der Waals surface area contributed by atoms with Gasteiger partial charge in [-0.1, -0.05) is 29.8 Å². The SMILES string of the molecule is Cc1cccc(CN2CCN(C(=O)COC(=O)c3cnc(C)cn3)CC2)c1. The number of carbonyl (C=O) groups is 2. The van der Waals surface area contributed by atoms with Crippen LogP contribution < -0.4 is 0 Å². The summed E-state index contributed by atoms with van der Waals surface area (Å²) in [7, 11) is 0. The Labute approximate surface area is 159 Å². The van der Waals surface area contributed by atoms with E-state index in [2.05, 4.69) is 46.1 Å². The highest BCUT2D eigenvalue weighted by Gasteiger charge is 2.22. The molecule has 1 aromatic heterocycles. The molecule has 1 aliphatic rings. The molecule has 0 spiro atoms. The van der Waals surface area contributed by atoms with Crippen LogP contribution in [0.25, 0.3) is 0 Å². The van der Waals surface area contributed by atoms with E-state index in [1.165, 1.54) is 23.5 Å². The van der Waals surface area contributed by atoms with Gasteiger partial charge in [-0.3, -0.25) is 14.7 Å². The first-order valence-corrected chi connectivity index (χ1v) is 9.03. The van der Waals surface area contributed by atoms with Gasteiger partial charge in [0.15, 0.2) is 12.3 Å². The molecule has 1 amide bonds. The van der Waals surface area contributed by atoms with Gasteiger partial charge < -0.3 is 9.64 Å². The van der Waals surface area contributed by atoms with Crippen molar-refractivity contribution in [1.82, 2.24) is 19.8 Å². The van der Waals surface area contributed by atoms with Crippen molar-refractivity contribution < 1.29 is 14.3 Å². The molecule has 3 rings (SSSR count). The number of nitrogens with zero attached hydrogens (tertiary/aromatic N) is 4. The number of piperazine rings is 1. The number of hydrogen-bond acceptors (Lipinski definition) is 6. The first kappa shape index (κ1) is 19.0. The van der Waals surface area contributed by atoms with Crippen molar-refractivity contribution in [1.29, 1.82) is 0 Å². The van der Waals surface area contributed by atoms with Crippen LogP contribution in [-0.2, 0) is 16.1 Å². The number of hydrogen-bond donors (Lipinski definition) is 0. The molecule has 0 atom stereocenters. The van der Waals surface area contributed by atoms with E-state index in [-0.39, 0.29) is 18.2 Å². The summed E-state index contributed by atoms with van der Waals surface area (Å²) < 4.78 is 5.07. The van der Waals surface area contributed by atoms with Gasteiger partial charge in [0.2, 0.25) is 0 Å². The summed E-state index contributed by atoms with van der Waals surface area (Å²) in [5, 5.41) is 0. The average Bonchev–Trinajstić information content (AvgIpc) is 2.67. The molecular weight excluding hydrogens is 344 g/mol. The Bertz CT molecular complexity index is 799. The number of rotatable bonds is 5. The second kappa shape index (κ2) is 8.73. The number of carbonyl (C=O) groups excluding carboxylic acids is 2. The van der Waals surface area contributed by atoms with Crippen LogP contribution in [0.5, 0.6) is 0 Å². The highest BCUT2D eigenvalue weighted by molar-refractivity contribution is 5.89. The van der Waals surface area contributed by atoms with Gasteiger partial charge in [0.05, 0.1) is 11.9 Å². The van der Waals surface area contributed by atoms with Crippen LogP contribution in [0, 0.1) is 13.8 Å². The van der Waals surface area contributed by atoms with Crippen LogP contribution >= 0.6 is 0 Å². The molecule has 0 bridgehead atoms. The quantitative estimate of drug-likeness (QED) is 0.746. The van der Waals surface area contributed by atoms with E-state index in [1.807, 2.05) is 0 Å². The monoisotopic (exact) mass is 368 g/mol. The van der Waals surface area contributed by atoms with Gasteiger partial charge in [0.25, 0.3) is 5.91 Å². The van der Waals surface area contributed by atoms with E-state index in [1.54, 1.807) is 11.8 Å². The van der Waals surface area contributed by atoms with E-state index in [9.17, 15) is 9.59 Å². The number of aryl methyl sites for hydroxylation is 2. The minimum Gasteiger partial charge on any atom is -0.451 e. The minimum absolute atomic E-state index is 0.108. The van der Waals surface area contributed by atoms with E-state index in [4.69, 9.17) is 4.74 Å². The van der Waals surface area contributed by atoms with Crippen LogP contribution in [-0.4, -0.2) is 64.4 Å². The summed E-state index contributed by atoms with van der Waals surface area (Å²) in [5.74, 6) is -0.812. The number of amides is 1. The molecule has 7 nitrogen and oxygen atoms in total. The third-order valence-electron chi connectivity index (χ3n) is 4.53. The lowest BCUT2D eigenvalue weighted by atomic mass is 10.1. The van der Waals surface area contributed by atoms with Crippen molar-refractivity contribution in [2.24, 2.45) is 0 Å². The maximum atomic E-state index is 12.3. The Morgan fingerprint density at radius 2 is 1.85 bits per heavy atom. The fourth-order valence-corrected chi connectivity index (χ4v) is 3.01. The van der Waals surface area contributed by atoms with Crippen molar-refractivity contribution in [3.63, 3.8) is 0 Å². The number of ether oxygens (including phenoxy) is 1. The van der Waals surface area contributed by atoms with Gasteiger partial charge in [0.1, 0.15) is 0 Å². The molecule has 1 fully saturated rings. The number of benzene rings is 1. The third-order valence-corrected chi connectivity index (χ3v) is 4.53. The molecule has 142 valence electrons. The Morgan fingerprint density at radius 3 is 2.52 bits per heavy atom. The molecule has 0 N–H and O–H groups in total. The zero-order valence-corrected chi connectivity index (χ0v) is 15.7. The molecule has 2 aromatic rings. The summed E-state index contributed by atoms with van der Waals surface area (Å²) >= 11 is 0. The standard InChI is InChI=1S/C20H24N4O3/c1-15-4-3-5-17(10-15)13-23-6-8-24(9-7-23)19(25)14-27-20(26)18-12-21-16(2)11-22-18/h3-5,10-12H,6-9,13-14H2,1-2H3. The molecule has 27 heavy (non-hydrogen) atoms. The molecule has 7 heteroatoms. The topological polar surface area (TPSA) is 75.6 Å².